The predicted molar refractivity (Wildman–Crippen MR) is 53.6 cm³/mol. The Morgan fingerprint density at radius 3 is 3.06 bits per heavy atom. The van der Waals surface area contributed by atoms with E-state index in [0.29, 0.717) is 13.2 Å². The lowest BCUT2D eigenvalue weighted by molar-refractivity contribution is -0.00132. The minimum Gasteiger partial charge on any atom is -0.470 e. The van der Waals surface area contributed by atoms with Gasteiger partial charge in [-0.1, -0.05) is 0 Å². The minimum absolute atomic E-state index is 0.109. The second-order valence-corrected chi connectivity index (χ2v) is 3.32. The van der Waals surface area contributed by atoms with Gasteiger partial charge >= 0.3 is 11.2 Å². The summed E-state index contributed by atoms with van der Waals surface area (Å²) in [6.45, 7) is 2.31. The lowest BCUT2D eigenvalue weighted by Crippen LogP contribution is -2.42. The predicted octanol–water partition coefficient (Wildman–Crippen LogP) is -2.17. The highest BCUT2D eigenvalue weighted by Crippen LogP contribution is 1.99. The Morgan fingerprint density at radius 1 is 1.50 bits per heavy atom. The average molecular weight is 228 g/mol. The van der Waals surface area contributed by atoms with Gasteiger partial charge in [0, 0.05) is 13.1 Å². The molecule has 8 nitrogen and oxygen atoms in total. The lowest BCUT2D eigenvalue weighted by atomic mass is 10.3. The van der Waals surface area contributed by atoms with Gasteiger partial charge in [0.05, 0.1) is 6.61 Å². The van der Waals surface area contributed by atoms with Crippen LogP contribution in [-0.4, -0.2) is 47.6 Å². The van der Waals surface area contributed by atoms with Crippen LogP contribution in [0.15, 0.2) is 9.59 Å². The SMILES string of the molecule is O=c1[nH]nc(OCC2CNCCO2)c(=O)[nH]1. The van der Waals surface area contributed by atoms with Gasteiger partial charge in [-0.25, -0.2) is 9.89 Å². The molecule has 3 N–H and O–H groups in total. The minimum atomic E-state index is -0.659. The van der Waals surface area contributed by atoms with Crippen molar-refractivity contribution in [2.45, 2.75) is 6.10 Å². The summed E-state index contributed by atoms with van der Waals surface area (Å²) < 4.78 is 10.5. The fourth-order valence-electron chi connectivity index (χ4n) is 1.33. The molecule has 0 saturated carbocycles. The van der Waals surface area contributed by atoms with Crippen molar-refractivity contribution < 1.29 is 9.47 Å². The molecule has 8 heteroatoms. The Hall–Kier alpha value is -1.67. The maximum atomic E-state index is 11.2. The van der Waals surface area contributed by atoms with Gasteiger partial charge in [0.15, 0.2) is 0 Å². The van der Waals surface area contributed by atoms with Gasteiger partial charge in [-0.3, -0.25) is 9.78 Å². The fourth-order valence-corrected chi connectivity index (χ4v) is 1.33. The Bertz CT molecular complexity index is 448. The number of ether oxygens (including phenoxy) is 2. The third-order valence-corrected chi connectivity index (χ3v) is 2.09. The molecule has 1 saturated heterocycles. The van der Waals surface area contributed by atoms with Gasteiger partial charge in [-0.15, -0.1) is 5.10 Å². The summed E-state index contributed by atoms with van der Waals surface area (Å²) in [7, 11) is 0. The lowest BCUT2D eigenvalue weighted by Gasteiger charge is -2.22. The zero-order valence-corrected chi connectivity index (χ0v) is 8.49. The van der Waals surface area contributed by atoms with Crippen molar-refractivity contribution in [1.82, 2.24) is 20.5 Å². The van der Waals surface area contributed by atoms with E-state index in [4.69, 9.17) is 9.47 Å². The zero-order valence-electron chi connectivity index (χ0n) is 8.49. The van der Waals surface area contributed by atoms with Gasteiger partial charge in [-0.05, 0) is 0 Å². The molecule has 1 unspecified atom stereocenters. The summed E-state index contributed by atoms with van der Waals surface area (Å²) in [6, 6.07) is 0. The second-order valence-electron chi connectivity index (χ2n) is 3.32. The highest BCUT2D eigenvalue weighted by molar-refractivity contribution is 4.99. The Labute approximate surface area is 90.0 Å². The number of nitrogens with zero attached hydrogens (tertiary/aromatic N) is 1. The van der Waals surface area contributed by atoms with Gasteiger partial charge in [0.1, 0.15) is 12.7 Å². The molecule has 88 valence electrons. The summed E-state index contributed by atoms with van der Waals surface area (Å²) in [5.74, 6) is -0.159. The Morgan fingerprint density at radius 2 is 2.38 bits per heavy atom. The van der Waals surface area contributed by atoms with Crippen LogP contribution in [0.2, 0.25) is 0 Å². The quantitative estimate of drug-likeness (QED) is 0.543. The van der Waals surface area contributed by atoms with E-state index in [-0.39, 0.29) is 18.6 Å². The largest absolute Gasteiger partial charge is 0.470 e. The van der Waals surface area contributed by atoms with Crippen LogP contribution in [0.1, 0.15) is 0 Å². The van der Waals surface area contributed by atoms with Gasteiger partial charge < -0.3 is 14.8 Å². The first-order valence-electron chi connectivity index (χ1n) is 4.90. The van der Waals surface area contributed by atoms with E-state index in [1.165, 1.54) is 0 Å². The van der Waals surface area contributed by atoms with E-state index in [9.17, 15) is 9.59 Å². The zero-order chi connectivity index (χ0) is 11.4. The highest BCUT2D eigenvalue weighted by Gasteiger charge is 2.15. The Kier molecular flexibility index (Phi) is 3.32. The van der Waals surface area contributed by atoms with Crippen LogP contribution in [0.3, 0.4) is 0 Å². The number of aromatic nitrogens is 3. The van der Waals surface area contributed by atoms with Crippen molar-refractivity contribution in [2.24, 2.45) is 0 Å². The third kappa shape index (κ3) is 2.67. The summed E-state index contributed by atoms with van der Waals surface area (Å²) in [5, 5.41) is 8.69. The van der Waals surface area contributed by atoms with Crippen LogP contribution < -0.4 is 21.3 Å². The third-order valence-electron chi connectivity index (χ3n) is 2.09. The molecular formula is C8H12N4O4. The molecule has 1 aromatic rings. The molecule has 1 atom stereocenters. The first kappa shape index (κ1) is 10.8. The number of nitrogens with one attached hydrogen (secondary N) is 3. The number of hydrogen-bond donors (Lipinski definition) is 3. The van der Waals surface area contributed by atoms with E-state index in [1.807, 2.05) is 4.98 Å². The molecule has 1 fully saturated rings. The fraction of sp³-hybridized carbons (Fsp3) is 0.625. The van der Waals surface area contributed by atoms with Crippen molar-refractivity contribution in [3.63, 3.8) is 0 Å². The maximum absolute atomic E-state index is 11.2. The second kappa shape index (κ2) is 4.90. The first-order valence-corrected chi connectivity index (χ1v) is 4.90. The molecule has 0 bridgehead atoms. The van der Waals surface area contributed by atoms with Crippen molar-refractivity contribution in [2.75, 3.05) is 26.3 Å². The molecule has 2 rings (SSSR count). The number of hydrogen-bond acceptors (Lipinski definition) is 6. The van der Waals surface area contributed by atoms with Crippen molar-refractivity contribution in [1.29, 1.82) is 0 Å². The molecule has 0 spiro atoms. The maximum Gasteiger partial charge on any atom is 0.342 e. The van der Waals surface area contributed by atoms with E-state index >= 15 is 0 Å². The van der Waals surface area contributed by atoms with Gasteiger partial charge in [0.25, 0.3) is 5.88 Å². The van der Waals surface area contributed by atoms with Crippen LogP contribution in [0.25, 0.3) is 0 Å². The van der Waals surface area contributed by atoms with Crippen LogP contribution >= 0.6 is 0 Å². The molecule has 2 heterocycles. The van der Waals surface area contributed by atoms with E-state index in [2.05, 4.69) is 15.5 Å². The van der Waals surface area contributed by atoms with Crippen molar-refractivity contribution in [3.8, 4) is 5.88 Å². The highest BCUT2D eigenvalue weighted by atomic mass is 16.5. The van der Waals surface area contributed by atoms with E-state index in [0.717, 1.165) is 6.54 Å². The number of aromatic amines is 2. The summed E-state index contributed by atoms with van der Waals surface area (Å²) in [6.07, 6.45) is -0.109. The standard InChI is InChI=1S/C8H12N4O4/c13-6-7(11-12-8(14)10-6)16-4-5-3-9-1-2-15-5/h5,9H,1-4H2,(H2,10,12,13,14). The number of morpholine rings is 1. The van der Waals surface area contributed by atoms with Crippen LogP contribution in [0, 0.1) is 0 Å². The molecule has 0 radical (unpaired) electrons. The van der Waals surface area contributed by atoms with Crippen LogP contribution in [-0.2, 0) is 4.74 Å². The normalized spacial score (nSPS) is 20.6. The number of rotatable bonds is 3. The van der Waals surface area contributed by atoms with E-state index < -0.39 is 11.2 Å². The van der Waals surface area contributed by atoms with Crippen molar-refractivity contribution >= 4 is 0 Å². The Balaban J connectivity index is 1.93. The van der Waals surface area contributed by atoms with Crippen molar-refractivity contribution in [3.05, 3.63) is 20.8 Å². The molecule has 1 aromatic heterocycles. The molecule has 1 aliphatic rings. The first-order chi connectivity index (χ1) is 7.75. The smallest absolute Gasteiger partial charge is 0.342 e. The summed E-state index contributed by atoms with van der Waals surface area (Å²) >= 11 is 0. The number of H-pyrrole nitrogens is 2. The van der Waals surface area contributed by atoms with Gasteiger partial charge in [0.2, 0.25) is 0 Å². The average Bonchev–Trinajstić information content (AvgIpc) is 2.29. The molecule has 16 heavy (non-hydrogen) atoms. The summed E-state index contributed by atoms with van der Waals surface area (Å²) in [4.78, 5) is 23.9. The van der Waals surface area contributed by atoms with Crippen LogP contribution in [0.4, 0.5) is 0 Å². The molecule has 0 aromatic carbocycles. The van der Waals surface area contributed by atoms with Crippen LogP contribution in [0.5, 0.6) is 5.88 Å². The monoisotopic (exact) mass is 228 g/mol. The van der Waals surface area contributed by atoms with E-state index in [1.54, 1.807) is 0 Å². The summed E-state index contributed by atoms with van der Waals surface area (Å²) in [5.41, 5.74) is -1.31. The molecule has 0 amide bonds. The molecular weight excluding hydrogens is 216 g/mol. The molecule has 0 aliphatic carbocycles. The topological polar surface area (TPSA) is 109 Å². The molecule has 1 aliphatic heterocycles. The van der Waals surface area contributed by atoms with Gasteiger partial charge in [-0.2, -0.15) is 0 Å².